The Balaban J connectivity index is 1.76. The summed E-state index contributed by atoms with van der Waals surface area (Å²) >= 11 is 0. The molecule has 2 N–H and O–H groups in total. The second kappa shape index (κ2) is 9.86. The molecule has 32 heavy (non-hydrogen) atoms. The van der Waals surface area contributed by atoms with Crippen LogP contribution in [0.2, 0.25) is 0 Å². The van der Waals surface area contributed by atoms with Crippen molar-refractivity contribution >= 4 is 19.3 Å². The Hall–Kier alpha value is -2.68. The highest BCUT2D eigenvalue weighted by molar-refractivity contribution is 6.56. The third kappa shape index (κ3) is 5.97. The maximum Gasteiger partial charge on any atom is 0.492 e. The predicted octanol–water partition coefficient (Wildman–Crippen LogP) is 4.26. The van der Waals surface area contributed by atoms with Crippen LogP contribution in [0.4, 0.5) is 9.18 Å². The third-order valence-corrected chi connectivity index (χ3v) is 5.72. The predicted molar refractivity (Wildman–Crippen MR) is 121 cm³/mol. The Morgan fingerprint density at radius 1 is 1.09 bits per heavy atom. The number of carbonyl (C=O) groups excluding carboxylic acids is 1. The molecular weight excluding hydrogens is 412 g/mol. The highest BCUT2D eigenvalue weighted by atomic mass is 19.1. The van der Waals surface area contributed by atoms with E-state index in [-0.39, 0.29) is 19.8 Å². The van der Waals surface area contributed by atoms with E-state index in [4.69, 9.17) is 14.0 Å². The smallest absolute Gasteiger partial charge is 0.445 e. The molecule has 0 bridgehead atoms. The third-order valence-electron chi connectivity index (χ3n) is 5.72. The van der Waals surface area contributed by atoms with Crippen molar-refractivity contribution in [3.05, 3.63) is 76.5 Å². The molecule has 1 heterocycles. The Kier molecular flexibility index (Phi) is 7.38. The van der Waals surface area contributed by atoms with Crippen molar-refractivity contribution in [3.8, 4) is 0 Å². The van der Waals surface area contributed by atoms with Crippen LogP contribution < -0.4 is 5.32 Å². The van der Waals surface area contributed by atoms with Crippen LogP contribution in [0.5, 0.6) is 0 Å². The van der Waals surface area contributed by atoms with E-state index in [9.17, 15) is 14.3 Å². The van der Waals surface area contributed by atoms with Gasteiger partial charge in [-0.15, -0.1) is 0 Å². The van der Waals surface area contributed by atoms with Crippen LogP contribution in [-0.4, -0.2) is 36.1 Å². The minimum absolute atomic E-state index is 0.0788. The van der Waals surface area contributed by atoms with E-state index in [1.165, 1.54) is 12.1 Å². The Morgan fingerprint density at radius 3 is 2.38 bits per heavy atom. The quantitative estimate of drug-likeness (QED) is 0.628. The molecule has 0 radical (unpaired) electrons. The van der Waals surface area contributed by atoms with E-state index >= 15 is 0 Å². The van der Waals surface area contributed by atoms with E-state index in [1.807, 2.05) is 58.0 Å². The van der Waals surface area contributed by atoms with Gasteiger partial charge in [-0.05, 0) is 68.1 Å². The lowest BCUT2D eigenvalue weighted by Gasteiger charge is -2.32. The number of nitrogens with one attached hydrogen (secondary N) is 1. The Morgan fingerprint density at radius 2 is 1.75 bits per heavy atom. The lowest BCUT2D eigenvalue weighted by Crippen LogP contribution is -2.41. The number of aliphatic hydroxyl groups excluding tert-OH is 1. The fourth-order valence-corrected chi connectivity index (χ4v) is 3.21. The van der Waals surface area contributed by atoms with Crippen LogP contribution in [-0.2, 0) is 27.3 Å². The molecule has 1 fully saturated rings. The van der Waals surface area contributed by atoms with Crippen molar-refractivity contribution in [1.82, 2.24) is 5.32 Å². The first-order chi connectivity index (χ1) is 15.1. The Labute approximate surface area is 188 Å². The first-order valence-corrected chi connectivity index (χ1v) is 10.5. The van der Waals surface area contributed by atoms with Gasteiger partial charge in [-0.3, -0.25) is 0 Å². The average molecular weight is 441 g/mol. The number of carbonyl (C=O) groups is 1. The van der Waals surface area contributed by atoms with Gasteiger partial charge in [-0.25, -0.2) is 9.18 Å². The second-order valence-electron chi connectivity index (χ2n) is 8.77. The summed E-state index contributed by atoms with van der Waals surface area (Å²) in [6.07, 6.45) is 1.11. The Bertz CT molecular complexity index is 962. The van der Waals surface area contributed by atoms with Crippen molar-refractivity contribution in [2.45, 2.75) is 52.1 Å². The number of hydrogen-bond acceptors (Lipinski definition) is 5. The first kappa shape index (κ1) is 24.0. The first-order valence-electron chi connectivity index (χ1n) is 10.5. The zero-order valence-electron chi connectivity index (χ0n) is 18.9. The minimum atomic E-state index is -0.740. The molecule has 2 aromatic rings. The molecule has 1 saturated heterocycles. The molecule has 0 saturated carbocycles. The highest BCUT2D eigenvalue weighted by Gasteiger charge is 2.52. The molecule has 2 aromatic carbocycles. The number of halogens is 1. The number of rotatable bonds is 7. The molecule has 1 aliphatic rings. The van der Waals surface area contributed by atoms with E-state index < -0.39 is 30.2 Å². The fourth-order valence-electron chi connectivity index (χ4n) is 3.21. The summed E-state index contributed by atoms with van der Waals surface area (Å²) in [6.45, 7) is 7.66. The van der Waals surface area contributed by atoms with Crippen molar-refractivity contribution in [3.63, 3.8) is 0 Å². The number of aliphatic hydroxyl groups is 1. The van der Waals surface area contributed by atoms with Gasteiger partial charge in [0, 0.05) is 6.54 Å². The molecule has 3 rings (SSSR count). The molecular formula is C24H29BFNO5. The van der Waals surface area contributed by atoms with E-state index in [0.29, 0.717) is 16.6 Å². The van der Waals surface area contributed by atoms with Crippen LogP contribution in [0.15, 0.2) is 54.0 Å². The number of ether oxygens (including phenoxy) is 1. The van der Waals surface area contributed by atoms with Gasteiger partial charge in [0.25, 0.3) is 0 Å². The van der Waals surface area contributed by atoms with Gasteiger partial charge in [-0.2, -0.15) is 0 Å². The van der Waals surface area contributed by atoms with Gasteiger partial charge in [0.1, 0.15) is 12.4 Å². The van der Waals surface area contributed by atoms with E-state index in [0.717, 1.165) is 5.56 Å². The summed E-state index contributed by atoms with van der Waals surface area (Å²) in [7, 11) is -0.740. The number of benzene rings is 2. The topological polar surface area (TPSA) is 77.0 Å². The van der Waals surface area contributed by atoms with Crippen LogP contribution in [0.3, 0.4) is 0 Å². The molecule has 170 valence electrons. The van der Waals surface area contributed by atoms with Crippen LogP contribution in [0.25, 0.3) is 6.08 Å². The van der Waals surface area contributed by atoms with Gasteiger partial charge in [0.15, 0.2) is 0 Å². The average Bonchev–Trinajstić information content (AvgIpc) is 2.96. The maximum atomic E-state index is 14.0. The van der Waals surface area contributed by atoms with Crippen LogP contribution in [0.1, 0.15) is 44.4 Å². The lowest BCUT2D eigenvalue weighted by molar-refractivity contribution is 0.00578. The molecule has 8 heteroatoms. The summed E-state index contributed by atoms with van der Waals surface area (Å²) in [5, 5.41) is 12.1. The van der Waals surface area contributed by atoms with Crippen molar-refractivity contribution in [2.24, 2.45) is 0 Å². The molecule has 0 unspecified atom stereocenters. The van der Waals surface area contributed by atoms with E-state index in [2.05, 4.69) is 5.32 Å². The van der Waals surface area contributed by atoms with Crippen molar-refractivity contribution in [1.29, 1.82) is 0 Å². The van der Waals surface area contributed by atoms with Gasteiger partial charge < -0.3 is 24.5 Å². The standard InChI is InChI=1S/C24H29BFNO5/c1-23(2)24(3,4)32-25(31-23)20(11-18-10-19(15-28)13-21(26)12-18)14-27-22(29)30-16-17-8-6-5-7-9-17/h5-13,28H,14-16H2,1-4H3,(H,27,29). The second-order valence-corrected chi connectivity index (χ2v) is 8.77. The molecule has 1 amide bonds. The van der Waals surface area contributed by atoms with Gasteiger partial charge >= 0.3 is 13.2 Å². The molecule has 6 nitrogen and oxygen atoms in total. The largest absolute Gasteiger partial charge is 0.492 e. The van der Waals surface area contributed by atoms with Crippen molar-refractivity contribution in [2.75, 3.05) is 6.54 Å². The summed E-state index contributed by atoms with van der Waals surface area (Å²) in [6, 6.07) is 13.6. The summed E-state index contributed by atoms with van der Waals surface area (Å²) in [4.78, 5) is 12.3. The summed E-state index contributed by atoms with van der Waals surface area (Å²) in [5.41, 5.74) is 1.28. The van der Waals surface area contributed by atoms with Gasteiger partial charge in [0.2, 0.25) is 0 Å². The molecule has 0 aromatic heterocycles. The maximum absolute atomic E-state index is 14.0. The summed E-state index contributed by atoms with van der Waals surface area (Å²) in [5.74, 6) is -0.466. The zero-order valence-corrected chi connectivity index (χ0v) is 18.9. The zero-order chi connectivity index (χ0) is 23.4. The van der Waals surface area contributed by atoms with Crippen LogP contribution in [0, 0.1) is 5.82 Å². The highest BCUT2D eigenvalue weighted by Crippen LogP contribution is 2.38. The fraction of sp³-hybridized carbons (Fsp3) is 0.375. The molecule has 0 aliphatic carbocycles. The number of alkyl carbamates (subject to hydrolysis) is 1. The van der Waals surface area contributed by atoms with E-state index in [1.54, 1.807) is 12.1 Å². The van der Waals surface area contributed by atoms with Gasteiger partial charge in [-0.1, -0.05) is 36.4 Å². The molecule has 0 spiro atoms. The SMILES string of the molecule is CC1(C)OB(C(=Cc2cc(F)cc(CO)c2)CNC(=O)OCc2ccccc2)OC1(C)C. The number of hydrogen-bond donors (Lipinski definition) is 2. The lowest BCUT2D eigenvalue weighted by atomic mass is 9.77. The minimum Gasteiger partial charge on any atom is -0.445 e. The van der Waals surface area contributed by atoms with Crippen LogP contribution >= 0.6 is 0 Å². The molecule has 0 atom stereocenters. The van der Waals surface area contributed by atoms with Gasteiger partial charge in [0.05, 0.1) is 17.8 Å². The van der Waals surface area contributed by atoms with Crippen molar-refractivity contribution < 1.29 is 28.3 Å². The molecule has 1 aliphatic heterocycles. The monoisotopic (exact) mass is 441 g/mol. The number of amides is 1. The normalized spacial score (nSPS) is 17.3. The summed E-state index contributed by atoms with van der Waals surface area (Å²) < 4.78 is 31.5.